The Kier molecular flexibility index (Phi) is 3.43. The molecule has 0 bridgehead atoms. The molecule has 1 N–H and O–H groups in total. The number of halogens is 1. The topological polar surface area (TPSA) is 49.4 Å². The summed E-state index contributed by atoms with van der Waals surface area (Å²) in [4.78, 5) is 26.6. The van der Waals surface area contributed by atoms with Crippen LogP contribution in [-0.2, 0) is 16.1 Å². The first-order chi connectivity index (χ1) is 10.0. The third kappa shape index (κ3) is 2.20. The van der Waals surface area contributed by atoms with E-state index in [0.29, 0.717) is 18.4 Å². The van der Waals surface area contributed by atoms with Gasteiger partial charge >= 0.3 is 0 Å². The number of hydrogen-bond donors (Lipinski definition) is 1. The van der Waals surface area contributed by atoms with Crippen LogP contribution >= 0.6 is 0 Å². The highest BCUT2D eigenvalue weighted by molar-refractivity contribution is 5.99. The van der Waals surface area contributed by atoms with Gasteiger partial charge in [0.1, 0.15) is 17.4 Å². The van der Waals surface area contributed by atoms with E-state index in [2.05, 4.69) is 5.32 Å². The Labute approximate surface area is 123 Å². The van der Waals surface area contributed by atoms with Gasteiger partial charge in [-0.25, -0.2) is 4.39 Å². The van der Waals surface area contributed by atoms with E-state index in [1.54, 1.807) is 30.0 Å². The number of benzene rings is 1. The Morgan fingerprint density at radius 3 is 2.62 bits per heavy atom. The molecule has 0 radical (unpaired) electrons. The second-order valence-electron chi connectivity index (χ2n) is 5.95. The summed E-state index contributed by atoms with van der Waals surface area (Å²) in [6.45, 7) is 1.83. The summed E-state index contributed by atoms with van der Waals surface area (Å²) in [5.41, 5.74) is -0.328. The van der Waals surface area contributed by atoms with Gasteiger partial charge in [0.15, 0.2) is 0 Å². The summed E-state index contributed by atoms with van der Waals surface area (Å²) < 4.78 is 13.9. The quantitative estimate of drug-likeness (QED) is 0.905. The van der Waals surface area contributed by atoms with Crippen LogP contribution in [0.5, 0.6) is 0 Å². The fourth-order valence-corrected chi connectivity index (χ4v) is 3.44. The van der Waals surface area contributed by atoms with Gasteiger partial charge in [0, 0.05) is 12.1 Å². The minimum atomic E-state index is -0.786. The molecule has 1 aliphatic heterocycles. The van der Waals surface area contributed by atoms with Crippen molar-refractivity contribution in [1.29, 1.82) is 0 Å². The number of nitrogens with zero attached hydrogens (tertiary/aromatic N) is 1. The highest BCUT2D eigenvalue weighted by Gasteiger charge is 2.52. The van der Waals surface area contributed by atoms with Crippen molar-refractivity contribution in [1.82, 2.24) is 10.2 Å². The molecule has 0 aromatic heterocycles. The van der Waals surface area contributed by atoms with Gasteiger partial charge in [0.05, 0.1) is 0 Å². The van der Waals surface area contributed by atoms with Crippen molar-refractivity contribution in [2.45, 2.75) is 50.7 Å². The molecule has 2 aliphatic rings. The lowest BCUT2D eigenvalue weighted by molar-refractivity contribution is -0.157. The van der Waals surface area contributed by atoms with Crippen LogP contribution in [0.3, 0.4) is 0 Å². The number of rotatable bonds is 2. The van der Waals surface area contributed by atoms with Crippen LogP contribution in [0.4, 0.5) is 4.39 Å². The molecule has 1 aliphatic carbocycles. The second kappa shape index (κ2) is 5.13. The van der Waals surface area contributed by atoms with Gasteiger partial charge in [-0.3, -0.25) is 9.59 Å². The van der Waals surface area contributed by atoms with Gasteiger partial charge in [-0.1, -0.05) is 31.0 Å². The van der Waals surface area contributed by atoms with Gasteiger partial charge in [0.2, 0.25) is 11.8 Å². The number of piperazine rings is 1. The summed E-state index contributed by atoms with van der Waals surface area (Å²) in [6, 6.07) is 5.88. The van der Waals surface area contributed by atoms with Crippen LogP contribution in [0.25, 0.3) is 0 Å². The van der Waals surface area contributed by atoms with Crippen molar-refractivity contribution in [3.8, 4) is 0 Å². The van der Waals surface area contributed by atoms with E-state index in [0.717, 1.165) is 12.8 Å². The molecular weight excluding hydrogens is 271 g/mol. The maximum Gasteiger partial charge on any atom is 0.246 e. The molecule has 4 nitrogen and oxygen atoms in total. The molecule has 1 heterocycles. The highest BCUT2D eigenvalue weighted by atomic mass is 19.1. The molecule has 1 atom stereocenters. The molecule has 21 heavy (non-hydrogen) atoms. The van der Waals surface area contributed by atoms with Crippen molar-refractivity contribution >= 4 is 11.8 Å². The first kappa shape index (κ1) is 14.0. The zero-order chi connectivity index (χ0) is 15.0. The number of nitrogens with one attached hydrogen (secondary N) is 1. The van der Waals surface area contributed by atoms with Crippen LogP contribution in [0.2, 0.25) is 0 Å². The molecule has 2 fully saturated rings. The monoisotopic (exact) mass is 290 g/mol. The highest BCUT2D eigenvalue weighted by Crippen LogP contribution is 2.39. The molecule has 1 saturated heterocycles. The predicted molar refractivity (Wildman–Crippen MR) is 75.8 cm³/mol. The van der Waals surface area contributed by atoms with Crippen molar-refractivity contribution < 1.29 is 14.0 Å². The van der Waals surface area contributed by atoms with E-state index in [-0.39, 0.29) is 24.2 Å². The van der Waals surface area contributed by atoms with Gasteiger partial charge in [0.25, 0.3) is 0 Å². The molecule has 2 amide bonds. The first-order valence-corrected chi connectivity index (χ1v) is 7.40. The molecule has 1 aromatic carbocycles. The Bertz CT molecular complexity index is 581. The molecule has 5 heteroatoms. The largest absolute Gasteiger partial charge is 0.343 e. The van der Waals surface area contributed by atoms with Gasteiger partial charge in [-0.05, 0) is 25.8 Å². The van der Waals surface area contributed by atoms with Gasteiger partial charge in [-0.2, -0.15) is 0 Å². The van der Waals surface area contributed by atoms with E-state index >= 15 is 0 Å². The van der Waals surface area contributed by atoms with Gasteiger partial charge < -0.3 is 10.2 Å². The zero-order valence-corrected chi connectivity index (χ0v) is 12.1. The number of carbonyl (C=O) groups is 2. The normalized spacial score (nSPS) is 24.5. The number of amides is 2. The standard InChI is InChI=1S/C16H19FN2O2/c1-11-14(20)19(10-12-6-2-3-7-13(12)17)16(15(21)18-11)8-4-5-9-16/h2-3,6-7,11H,4-5,8-10H2,1H3,(H,18,21). The average molecular weight is 290 g/mol. The van der Waals surface area contributed by atoms with E-state index in [4.69, 9.17) is 0 Å². The fraction of sp³-hybridized carbons (Fsp3) is 0.500. The predicted octanol–water partition coefficient (Wildman–Crippen LogP) is 1.99. The lowest BCUT2D eigenvalue weighted by Gasteiger charge is -2.45. The Morgan fingerprint density at radius 1 is 1.29 bits per heavy atom. The summed E-state index contributed by atoms with van der Waals surface area (Å²) in [6.07, 6.45) is 3.16. The second-order valence-corrected chi connectivity index (χ2v) is 5.95. The lowest BCUT2D eigenvalue weighted by atomic mass is 9.89. The average Bonchev–Trinajstić information content (AvgIpc) is 2.94. The van der Waals surface area contributed by atoms with E-state index in [9.17, 15) is 14.0 Å². The minimum absolute atomic E-state index is 0.0940. The molecular formula is C16H19FN2O2. The summed E-state index contributed by atoms with van der Waals surface area (Å²) in [5, 5.41) is 2.77. The smallest absolute Gasteiger partial charge is 0.246 e. The van der Waals surface area contributed by atoms with Crippen molar-refractivity contribution in [2.75, 3.05) is 0 Å². The van der Waals surface area contributed by atoms with E-state index in [1.807, 2.05) is 0 Å². The Hall–Kier alpha value is -1.91. The molecule has 1 spiro atoms. The van der Waals surface area contributed by atoms with E-state index in [1.165, 1.54) is 6.07 Å². The van der Waals surface area contributed by atoms with Crippen LogP contribution in [0.15, 0.2) is 24.3 Å². The molecule has 112 valence electrons. The summed E-state index contributed by atoms with van der Waals surface area (Å²) in [5.74, 6) is -0.555. The molecule has 1 aromatic rings. The maximum atomic E-state index is 13.9. The van der Waals surface area contributed by atoms with Crippen molar-refractivity contribution in [3.63, 3.8) is 0 Å². The van der Waals surface area contributed by atoms with E-state index < -0.39 is 11.6 Å². The maximum absolute atomic E-state index is 13.9. The summed E-state index contributed by atoms with van der Waals surface area (Å²) >= 11 is 0. The Balaban J connectivity index is 1.97. The molecule has 1 unspecified atom stereocenters. The van der Waals surface area contributed by atoms with Crippen molar-refractivity contribution in [2.24, 2.45) is 0 Å². The van der Waals surface area contributed by atoms with Crippen molar-refractivity contribution in [3.05, 3.63) is 35.6 Å². The molecule has 3 rings (SSSR count). The fourth-order valence-electron chi connectivity index (χ4n) is 3.44. The third-order valence-corrected chi connectivity index (χ3v) is 4.64. The van der Waals surface area contributed by atoms with Crippen LogP contribution in [0.1, 0.15) is 38.2 Å². The van der Waals surface area contributed by atoms with Crippen LogP contribution in [-0.4, -0.2) is 28.3 Å². The summed E-state index contributed by atoms with van der Waals surface area (Å²) in [7, 11) is 0. The Morgan fingerprint density at radius 2 is 1.95 bits per heavy atom. The zero-order valence-electron chi connectivity index (χ0n) is 12.1. The van der Waals surface area contributed by atoms with Crippen LogP contribution < -0.4 is 5.32 Å². The SMILES string of the molecule is CC1NC(=O)C2(CCCC2)N(Cc2ccccc2F)C1=O. The minimum Gasteiger partial charge on any atom is -0.343 e. The number of carbonyl (C=O) groups excluding carboxylic acids is 2. The number of hydrogen-bond acceptors (Lipinski definition) is 2. The van der Waals surface area contributed by atoms with Crippen LogP contribution in [0, 0.1) is 5.82 Å². The van der Waals surface area contributed by atoms with Gasteiger partial charge in [-0.15, -0.1) is 0 Å². The lowest BCUT2D eigenvalue weighted by Crippen LogP contribution is -2.68. The molecule has 1 saturated carbocycles. The first-order valence-electron chi connectivity index (χ1n) is 7.40. The third-order valence-electron chi connectivity index (χ3n) is 4.64.